The van der Waals surface area contributed by atoms with Gasteiger partial charge in [-0.1, -0.05) is 30.3 Å². The molecule has 0 aliphatic carbocycles. The Labute approximate surface area is 161 Å². The quantitative estimate of drug-likeness (QED) is 0.488. The molecule has 0 aliphatic rings. The Morgan fingerprint density at radius 1 is 1.19 bits per heavy atom. The molecule has 0 fully saturated rings. The Bertz CT molecular complexity index is 732. The summed E-state index contributed by atoms with van der Waals surface area (Å²) in [5.74, 6) is 1.03. The van der Waals surface area contributed by atoms with Crippen molar-refractivity contribution >= 4 is 11.6 Å². The van der Waals surface area contributed by atoms with E-state index in [-0.39, 0.29) is 12.5 Å². The maximum Gasteiger partial charge on any atom is 0.257 e. The first-order chi connectivity index (χ1) is 13.1. The molecule has 2 aromatic carbocycles. The number of carbonyl (C=O) groups is 1. The lowest BCUT2D eigenvalue weighted by molar-refractivity contribution is -0.123. The summed E-state index contributed by atoms with van der Waals surface area (Å²) in [7, 11) is 3.63. The summed E-state index contributed by atoms with van der Waals surface area (Å²) in [5, 5.41) is 2.88. The van der Waals surface area contributed by atoms with Crippen LogP contribution in [0.4, 0.5) is 5.69 Å². The SMILES string of the molecule is C=CCc1ccc(OCC(=O)NCCCN(C)c2ccccc2)c(OC)c1. The van der Waals surface area contributed by atoms with E-state index >= 15 is 0 Å². The van der Waals surface area contributed by atoms with E-state index in [0.717, 1.165) is 24.9 Å². The average Bonchev–Trinajstić information content (AvgIpc) is 2.70. The molecule has 0 atom stereocenters. The Balaban J connectivity index is 1.71. The molecule has 0 unspecified atom stereocenters. The van der Waals surface area contributed by atoms with Crippen LogP contribution in [0.25, 0.3) is 0 Å². The highest BCUT2D eigenvalue weighted by atomic mass is 16.5. The zero-order chi connectivity index (χ0) is 19.5. The summed E-state index contributed by atoms with van der Waals surface area (Å²) < 4.78 is 10.9. The third-order valence-electron chi connectivity index (χ3n) is 4.16. The molecule has 0 aliphatic heterocycles. The standard InChI is InChI=1S/C22H28N2O3/c1-4-9-18-12-13-20(21(16-18)26-3)27-17-22(25)23-14-8-15-24(2)19-10-6-5-7-11-19/h4-7,10-13,16H,1,8-9,14-15,17H2,2-3H3,(H,23,25). The number of nitrogens with zero attached hydrogens (tertiary/aromatic N) is 1. The lowest BCUT2D eigenvalue weighted by atomic mass is 10.1. The van der Waals surface area contributed by atoms with E-state index in [0.29, 0.717) is 18.0 Å². The van der Waals surface area contributed by atoms with Gasteiger partial charge in [-0.05, 0) is 42.7 Å². The molecule has 1 N–H and O–H groups in total. The highest BCUT2D eigenvalue weighted by Crippen LogP contribution is 2.28. The van der Waals surface area contributed by atoms with Crippen LogP contribution in [0.3, 0.4) is 0 Å². The Morgan fingerprint density at radius 3 is 2.67 bits per heavy atom. The molecular formula is C22H28N2O3. The third-order valence-corrected chi connectivity index (χ3v) is 4.16. The number of benzene rings is 2. The summed E-state index contributed by atoms with van der Waals surface area (Å²) in [4.78, 5) is 14.2. The van der Waals surface area contributed by atoms with Crippen molar-refractivity contribution in [3.8, 4) is 11.5 Å². The molecule has 0 bridgehead atoms. The van der Waals surface area contributed by atoms with Gasteiger partial charge in [-0.15, -0.1) is 6.58 Å². The van der Waals surface area contributed by atoms with E-state index in [2.05, 4.69) is 28.9 Å². The van der Waals surface area contributed by atoms with Gasteiger partial charge in [0.1, 0.15) is 0 Å². The maximum absolute atomic E-state index is 12.0. The van der Waals surface area contributed by atoms with Crippen LogP contribution in [0.2, 0.25) is 0 Å². The second kappa shape index (κ2) is 10.9. The molecule has 5 nitrogen and oxygen atoms in total. The zero-order valence-electron chi connectivity index (χ0n) is 16.1. The fourth-order valence-corrected chi connectivity index (χ4v) is 2.67. The van der Waals surface area contributed by atoms with Gasteiger partial charge in [0.2, 0.25) is 0 Å². The molecule has 2 rings (SSSR count). The number of methoxy groups -OCH3 is 1. The number of amides is 1. The van der Waals surface area contributed by atoms with Crippen LogP contribution in [0, 0.1) is 0 Å². The second-order valence-corrected chi connectivity index (χ2v) is 6.23. The zero-order valence-corrected chi connectivity index (χ0v) is 16.1. The smallest absolute Gasteiger partial charge is 0.257 e. The second-order valence-electron chi connectivity index (χ2n) is 6.23. The molecule has 0 spiro atoms. The molecule has 0 aromatic heterocycles. The van der Waals surface area contributed by atoms with Crippen LogP contribution in [-0.4, -0.2) is 39.8 Å². The monoisotopic (exact) mass is 368 g/mol. The van der Waals surface area contributed by atoms with Gasteiger partial charge in [0, 0.05) is 25.8 Å². The average molecular weight is 368 g/mol. The fraction of sp³-hybridized carbons (Fsp3) is 0.318. The predicted octanol–water partition coefficient (Wildman–Crippen LogP) is 3.45. The minimum Gasteiger partial charge on any atom is -0.493 e. The number of rotatable bonds is 11. The van der Waals surface area contributed by atoms with E-state index < -0.39 is 0 Å². The first-order valence-electron chi connectivity index (χ1n) is 9.07. The minimum absolute atomic E-state index is 0.0360. The van der Waals surface area contributed by atoms with E-state index in [1.807, 2.05) is 49.5 Å². The largest absolute Gasteiger partial charge is 0.493 e. The Kier molecular flexibility index (Phi) is 8.23. The maximum atomic E-state index is 12.0. The summed E-state index contributed by atoms with van der Waals surface area (Å²) >= 11 is 0. The molecule has 1 amide bonds. The van der Waals surface area contributed by atoms with E-state index in [1.54, 1.807) is 7.11 Å². The van der Waals surface area contributed by atoms with Crippen molar-refractivity contribution in [3.63, 3.8) is 0 Å². The predicted molar refractivity (Wildman–Crippen MR) is 110 cm³/mol. The van der Waals surface area contributed by atoms with Gasteiger partial charge in [0.05, 0.1) is 7.11 Å². The van der Waals surface area contributed by atoms with Gasteiger partial charge in [-0.25, -0.2) is 0 Å². The van der Waals surface area contributed by atoms with E-state index in [1.165, 1.54) is 5.69 Å². The van der Waals surface area contributed by atoms with Crippen molar-refractivity contribution in [2.45, 2.75) is 12.8 Å². The van der Waals surface area contributed by atoms with Gasteiger partial charge in [0.15, 0.2) is 18.1 Å². The molecule has 0 heterocycles. The van der Waals surface area contributed by atoms with Crippen LogP contribution in [0.15, 0.2) is 61.2 Å². The fourth-order valence-electron chi connectivity index (χ4n) is 2.67. The number of allylic oxidation sites excluding steroid dienone is 1. The minimum atomic E-state index is -0.144. The number of ether oxygens (including phenoxy) is 2. The van der Waals surface area contributed by atoms with E-state index in [9.17, 15) is 4.79 Å². The van der Waals surface area contributed by atoms with Gasteiger partial charge in [-0.2, -0.15) is 0 Å². The van der Waals surface area contributed by atoms with E-state index in [4.69, 9.17) is 9.47 Å². The lowest BCUT2D eigenvalue weighted by Crippen LogP contribution is -2.31. The van der Waals surface area contributed by atoms with Crippen molar-refractivity contribution in [1.82, 2.24) is 5.32 Å². The molecule has 2 aromatic rings. The molecule has 5 heteroatoms. The summed E-state index contributed by atoms with van der Waals surface area (Å²) in [6, 6.07) is 15.8. The number of para-hydroxylation sites is 1. The molecular weight excluding hydrogens is 340 g/mol. The van der Waals surface area contributed by atoms with Crippen molar-refractivity contribution in [3.05, 3.63) is 66.7 Å². The number of anilines is 1. The van der Waals surface area contributed by atoms with Gasteiger partial charge in [0.25, 0.3) is 5.91 Å². The molecule has 27 heavy (non-hydrogen) atoms. The van der Waals surface area contributed by atoms with Gasteiger partial charge in [-0.3, -0.25) is 4.79 Å². The van der Waals surface area contributed by atoms with Crippen LogP contribution in [0.5, 0.6) is 11.5 Å². The topological polar surface area (TPSA) is 50.8 Å². The van der Waals surface area contributed by atoms with Crippen LogP contribution in [0.1, 0.15) is 12.0 Å². The van der Waals surface area contributed by atoms with Crippen molar-refractivity contribution in [2.75, 3.05) is 38.8 Å². The Morgan fingerprint density at radius 2 is 1.96 bits per heavy atom. The van der Waals surface area contributed by atoms with Crippen LogP contribution in [-0.2, 0) is 11.2 Å². The van der Waals surface area contributed by atoms with Gasteiger partial charge < -0.3 is 19.7 Å². The molecule has 0 saturated carbocycles. The molecule has 0 saturated heterocycles. The van der Waals surface area contributed by atoms with Crippen molar-refractivity contribution in [2.24, 2.45) is 0 Å². The normalized spacial score (nSPS) is 10.1. The first kappa shape index (κ1) is 20.4. The number of hydrogen-bond donors (Lipinski definition) is 1. The number of carbonyl (C=O) groups excluding carboxylic acids is 1. The van der Waals surface area contributed by atoms with Gasteiger partial charge >= 0.3 is 0 Å². The lowest BCUT2D eigenvalue weighted by Gasteiger charge is -2.19. The number of nitrogens with one attached hydrogen (secondary N) is 1. The summed E-state index contributed by atoms with van der Waals surface area (Å²) in [6.45, 7) is 5.16. The number of hydrogen-bond acceptors (Lipinski definition) is 4. The van der Waals surface area contributed by atoms with Crippen LogP contribution < -0.4 is 19.7 Å². The molecule has 144 valence electrons. The van der Waals surface area contributed by atoms with Crippen molar-refractivity contribution < 1.29 is 14.3 Å². The highest BCUT2D eigenvalue weighted by molar-refractivity contribution is 5.77. The molecule has 0 radical (unpaired) electrons. The van der Waals surface area contributed by atoms with Crippen LogP contribution >= 0.6 is 0 Å². The third kappa shape index (κ3) is 6.70. The highest BCUT2D eigenvalue weighted by Gasteiger charge is 2.08. The summed E-state index contributed by atoms with van der Waals surface area (Å²) in [5.41, 5.74) is 2.25. The Hall–Kier alpha value is -2.95. The summed E-state index contributed by atoms with van der Waals surface area (Å²) in [6.07, 6.45) is 3.45. The first-order valence-corrected chi connectivity index (χ1v) is 9.07. The van der Waals surface area contributed by atoms with Crippen molar-refractivity contribution in [1.29, 1.82) is 0 Å².